The minimum Gasteiger partial charge on any atom is -0.491 e. The molecule has 0 aliphatic carbocycles. The number of pyridine rings is 1. The second-order valence-corrected chi connectivity index (χ2v) is 9.67. The molecular formula is C30H34N4O5. The van der Waals surface area contributed by atoms with Crippen molar-refractivity contribution in [1.82, 2.24) is 19.7 Å². The standard InChI is InChI=1S/C30H34N4O5/c1-32-17-18-34(30(36)23-9-2-3-11-25(23)37-21-19-33-15-6-7-16-33)20-22-38-26-12-4-5-13-27(26)39-28-24(29(32)35)10-8-14-31-28/h2-5,8-14H,6-7,15-22H2,1H3. The summed E-state index contributed by atoms with van der Waals surface area (Å²) >= 11 is 0. The number of benzene rings is 2. The first-order valence-corrected chi connectivity index (χ1v) is 13.4. The third kappa shape index (κ3) is 6.49. The molecule has 0 spiro atoms. The first-order chi connectivity index (χ1) is 19.1. The highest BCUT2D eigenvalue weighted by Crippen LogP contribution is 2.32. The number of hydrogen-bond acceptors (Lipinski definition) is 7. The summed E-state index contributed by atoms with van der Waals surface area (Å²) in [5.41, 5.74) is 0.833. The molecule has 5 rings (SSSR count). The van der Waals surface area contributed by atoms with Crippen molar-refractivity contribution in [1.29, 1.82) is 0 Å². The van der Waals surface area contributed by atoms with Gasteiger partial charge in [0.15, 0.2) is 11.5 Å². The molecular weight excluding hydrogens is 496 g/mol. The van der Waals surface area contributed by atoms with Crippen molar-refractivity contribution in [2.75, 3.05) is 59.5 Å². The fourth-order valence-corrected chi connectivity index (χ4v) is 4.78. The van der Waals surface area contributed by atoms with Crippen molar-refractivity contribution < 1.29 is 23.8 Å². The molecule has 0 unspecified atom stereocenters. The Bertz CT molecular complexity index is 1290. The third-order valence-corrected chi connectivity index (χ3v) is 7.00. The summed E-state index contributed by atoms with van der Waals surface area (Å²) in [5.74, 6) is 1.31. The van der Waals surface area contributed by atoms with Crippen LogP contribution in [0.3, 0.4) is 0 Å². The number of aromatic nitrogens is 1. The molecule has 9 nitrogen and oxygen atoms in total. The van der Waals surface area contributed by atoms with Gasteiger partial charge in [-0.2, -0.15) is 0 Å². The Morgan fingerprint density at radius 3 is 2.54 bits per heavy atom. The summed E-state index contributed by atoms with van der Waals surface area (Å²) in [6, 6.07) is 17.9. The molecule has 0 radical (unpaired) electrons. The summed E-state index contributed by atoms with van der Waals surface area (Å²) in [7, 11) is 1.71. The Kier molecular flexibility index (Phi) is 8.58. The number of fused-ring (bicyclic) bond motifs is 2. The predicted molar refractivity (Wildman–Crippen MR) is 147 cm³/mol. The number of ether oxygens (including phenoxy) is 3. The van der Waals surface area contributed by atoms with Gasteiger partial charge in [0, 0.05) is 32.9 Å². The summed E-state index contributed by atoms with van der Waals surface area (Å²) in [6.45, 7) is 4.77. The van der Waals surface area contributed by atoms with E-state index in [0.29, 0.717) is 54.6 Å². The largest absolute Gasteiger partial charge is 0.491 e. The molecule has 3 aromatic rings. The molecule has 0 bridgehead atoms. The molecule has 0 N–H and O–H groups in total. The summed E-state index contributed by atoms with van der Waals surface area (Å²) in [4.78, 5) is 37.1. The maximum atomic E-state index is 13.8. The van der Waals surface area contributed by atoms with Gasteiger partial charge in [-0.05, 0) is 62.3 Å². The van der Waals surface area contributed by atoms with Crippen LogP contribution in [-0.2, 0) is 0 Å². The van der Waals surface area contributed by atoms with Crippen LogP contribution in [0.4, 0.5) is 0 Å². The molecule has 1 saturated heterocycles. The number of likely N-dealkylation sites (tertiary alicyclic amines) is 1. The number of nitrogens with zero attached hydrogens (tertiary/aromatic N) is 4. The molecule has 3 heterocycles. The van der Waals surface area contributed by atoms with Crippen LogP contribution in [0, 0.1) is 0 Å². The van der Waals surface area contributed by atoms with E-state index in [0.717, 1.165) is 19.6 Å². The van der Waals surface area contributed by atoms with Crippen LogP contribution in [0.1, 0.15) is 33.6 Å². The lowest BCUT2D eigenvalue weighted by Crippen LogP contribution is -2.41. The molecule has 2 aliphatic rings. The van der Waals surface area contributed by atoms with Crippen molar-refractivity contribution in [2.45, 2.75) is 12.8 Å². The predicted octanol–water partition coefficient (Wildman–Crippen LogP) is 3.96. The SMILES string of the molecule is CN1CCN(C(=O)c2ccccc2OCCN2CCCC2)CCOc2ccccc2Oc2ncccc2C1=O. The van der Waals surface area contributed by atoms with Crippen molar-refractivity contribution >= 4 is 11.8 Å². The van der Waals surface area contributed by atoms with E-state index < -0.39 is 0 Å². The highest BCUT2D eigenvalue weighted by Gasteiger charge is 2.24. The Balaban J connectivity index is 1.36. The lowest BCUT2D eigenvalue weighted by molar-refractivity contribution is 0.0665. The summed E-state index contributed by atoms with van der Waals surface area (Å²) < 4.78 is 18.2. The Hall–Kier alpha value is -4.11. The van der Waals surface area contributed by atoms with E-state index in [1.165, 1.54) is 12.8 Å². The highest BCUT2D eigenvalue weighted by atomic mass is 16.5. The van der Waals surface area contributed by atoms with E-state index in [2.05, 4.69) is 9.88 Å². The molecule has 1 fully saturated rings. The number of carbonyl (C=O) groups excluding carboxylic acids is 2. The second kappa shape index (κ2) is 12.6. The molecule has 9 heteroatoms. The fourth-order valence-electron chi connectivity index (χ4n) is 4.78. The average molecular weight is 531 g/mol. The maximum absolute atomic E-state index is 13.8. The topological polar surface area (TPSA) is 84.4 Å². The zero-order chi connectivity index (χ0) is 27.0. The van der Waals surface area contributed by atoms with Gasteiger partial charge in [0.2, 0.25) is 5.88 Å². The molecule has 204 valence electrons. The van der Waals surface area contributed by atoms with Crippen LogP contribution in [0.2, 0.25) is 0 Å². The zero-order valence-electron chi connectivity index (χ0n) is 22.3. The van der Waals surface area contributed by atoms with Gasteiger partial charge in [0.1, 0.15) is 24.5 Å². The first-order valence-electron chi connectivity index (χ1n) is 13.4. The van der Waals surface area contributed by atoms with Crippen LogP contribution in [0.25, 0.3) is 0 Å². The summed E-state index contributed by atoms with van der Waals surface area (Å²) in [6.07, 6.45) is 4.03. The van der Waals surface area contributed by atoms with Crippen molar-refractivity contribution in [3.8, 4) is 23.1 Å². The molecule has 39 heavy (non-hydrogen) atoms. The molecule has 2 aromatic carbocycles. The van der Waals surface area contributed by atoms with Gasteiger partial charge in [-0.15, -0.1) is 0 Å². The number of para-hydroxylation sites is 3. The van der Waals surface area contributed by atoms with Gasteiger partial charge in [-0.25, -0.2) is 4.98 Å². The van der Waals surface area contributed by atoms with Gasteiger partial charge in [0.05, 0.1) is 12.1 Å². The monoisotopic (exact) mass is 530 g/mol. The maximum Gasteiger partial charge on any atom is 0.259 e. The first kappa shape index (κ1) is 26.5. The quantitative estimate of drug-likeness (QED) is 0.494. The van der Waals surface area contributed by atoms with E-state index in [9.17, 15) is 9.59 Å². The number of amides is 2. The average Bonchev–Trinajstić information content (AvgIpc) is 3.49. The van der Waals surface area contributed by atoms with E-state index in [4.69, 9.17) is 14.2 Å². The van der Waals surface area contributed by atoms with Gasteiger partial charge in [-0.1, -0.05) is 24.3 Å². The minimum absolute atomic E-state index is 0.169. The number of likely N-dealkylation sites (N-methyl/N-ethyl adjacent to an activating group) is 1. The Labute approximate surface area is 228 Å². The Morgan fingerprint density at radius 2 is 1.69 bits per heavy atom. The lowest BCUT2D eigenvalue weighted by atomic mass is 10.1. The van der Waals surface area contributed by atoms with Crippen molar-refractivity contribution in [3.05, 3.63) is 78.0 Å². The molecule has 0 atom stereocenters. The van der Waals surface area contributed by atoms with E-state index >= 15 is 0 Å². The highest BCUT2D eigenvalue weighted by molar-refractivity contribution is 5.97. The number of carbonyl (C=O) groups is 2. The van der Waals surface area contributed by atoms with Crippen LogP contribution in [0.5, 0.6) is 23.1 Å². The second-order valence-electron chi connectivity index (χ2n) is 9.67. The van der Waals surface area contributed by atoms with Gasteiger partial charge in [0.25, 0.3) is 11.8 Å². The molecule has 2 aliphatic heterocycles. The van der Waals surface area contributed by atoms with E-state index in [1.54, 1.807) is 53.4 Å². The van der Waals surface area contributed by atoms with Gasteiger partial charge in [-0.3, -0.25) is 14.5 Å². The smallest absolute Gasteiger partial charge is 0.259 e. The van der Waals surface area contributed by atoms with Crippen molar-refractivity contribution in [3.63, 3.8) is 0 Å². The minimum atomic E-state index is -0.242. The Morgan fingerprint density at radius 1 is 0.923 bits per heavy atom. The lowest BCUT2D eigenvalue weighted by Gasteiger charge is -2.26. The molecule has 1 aromatic heterocycles. The molecule has 2 amide bonds. The summed E-state index contributed by atoms with van der Waals surface area (Å²) in [5, 5.41) is 0. The van der Waals surface area contributed by atoms with Crippen LogP contribution < -0.4 is 14.2 Å². The van der Waals surface area contributed by atoms with Crippen LogP contribution in [-0.4, -0.2) is 91.0 Å². The van der Waals surface area contributed by atoms with Gasteiger partial charge >= 0.3 is 0 Å². The van der Waals surface area contributed by atoms with E-state index in [1.807, 2.05) is 30.3 Å². The zero-order valence-corrected chi connectivity index (χ0v) is 22.3. The van der Waals surface area contributed by atoms with Crippen LogP contribution >= 0.6 is 0 Å². The fraction of sp³-hybridized carbons (Fsp3) is 0.367. The van der Waals surface area contributed by atoms with Gasteiger partial charge < -0.3 is 24.0 Å². The normalized spacial score (nSPS) is 16.6. The van der Waals surface area contributed by atoms with E-state index in [-0.39, 0.29) is 24.3 Å². The third-order valence-electron chi connectivity index (χ3n) is 7.00. The number of rotatable bonds is 5. The van der Waals surface area contributed by atoms with Crippen LogP contribution in [0.15, 0.2) is 66.9 Å². The number of hydrogen-bond donors (Lipinski definition) is 0. The molecule has 0 saturated carbocycles. The van der Waals surface area contributed by atoms with Crippen molar-refractivity contribution in [2.24, 2.45) is 0 Å².